The van der Waals surface area contributed by atoms with Gasteiger partial charge in [-0.1, -0.05) is 19.1 Å². The van der Waals surface area contributed by atoms with E-state index >= 15 is 0 Å². The molecule has 0 amide bonds. The number of nitrogens with zero attached hydrogens (tertiary/aromatic N) is 5. The Hall–Kier alpha value is -2.21. The number of aromatic nitrogens is 3. The molecule has 2 heterocycles. The Labute approximate surface area is 131 Å². The van der Waals surface area contributed by atoms with Crippen molar-refractivity contribution in [2.24, 2.45) is 0 Å². The fraction of sp³-hybridized carbons (Fsp3) is 0.438. The average molecular weight is 298 g/mol. The van der Waals surface area contributed by atoms with Crippen LogP contribution in [0.3, 0.4) is 0 Å². The molecule has 6 heteroatoms. The van der Waals surface area contributed by atoms with Crippen molar-refractivity contribution in [3.05, 3.63) is 36.0 Å². The van der Waals surface area contributed by atoms with Crippen molar-refractivity contribution in [1.29, 1.82) is 0 Å². The van der Waals surface area contributed by atoms with E-state index in [0.717, 1.165) is 44.1 Å². The summed E-state index contributed by atoms with van der Waals surface area (Å²) in [5.41, 5.74) is 2.30. The summed E-state index contributed by atoms with van der Waals surface area (Å²) in [6, 6.07) is 8.32. The molecular weight excluding hydrogens is 276 g/mol. The second-order valence-corrected chi connectivity index (χ2v) is 5.60. The van der Waals surface area contributed by atoms with Crippen molar-refractivity contribution in [3.63, 3.8) is 0 Å². The molecule has 0 saturated carbocycles. The van der Waals surface area contributed by atoms with E-state index in [1.807, 2.05) is 12.1 Å². The van der Waals surface area contributed by atoms with Crippen LogP contribution in [0, 0.1) is 0 Å². The first-order valence-electron chi connectivity index (χ1n) is 7.74. The molecule has 3 rings (SSSR count). The summed E-state index contributed by atoms with van der Waals surface area (Å²) < 4.78 is 0. The number of aryl methyl sites for hydroxylation is 1. The van der Waals surface area contributed by atoms with E-state index in [9.17, 15) is 0 Å². The molecule has 1 aliphatic rings. The molecule has 0 radical (unpaired) electrons. The molecule has 22 heavy (non-hydrogen) atoms. The van der Waals surface area contributed by atoms with Crippen molar-refractivity contribution in [2.75, 3.05) is 43.4 Å². The standard InChI is InChI=1S/C16H22N6/c1-3-13-4-6-14(7-5-13)18-16-19-15(12-17-20-16)22-10-8-21(2)9-11-22/h4-7,12H,3,8-11H2,1-2H3,(H,18,19,20). The molecule has 1 aromatic heterocycles. The van der Waals surface area contributed by atoms with Gasteiger partial charge in [-0.2, -0.15) is 10.1 Å². The van der Waals surface area contributed by atoms with Crippen LogP contribution in [0.5, 0.6) is 0 Å². The molecule has 2 aromatic rings. The zero-order chi connectivity index (χ0) is 15.4. The largest absolute Gasteiger partial charge is 0.353 e. The van der Waals surface area contributed by atoms with E-state index in [0.29, 0.717) is 5.95 Å². The number of likely N-dealkylation sites (N-methyl/N-ethyl adjacent to an activating group) is 1. The maximum atomic E-state index is 4.58. The fourth-order valence-corrected chi connectivity index (χ4v) is 2.49. The maximum Gasteiger partial charge on any atom is 0.249 e. The number of piperazine rings is 1. The molecule has 116 valence electrons. The van der Waals surface area contributed by atoms with Crippen LogP contribution in [0.2, 0.25) is 0 Å². The van der Waals surface area contributed by atoms with Gasteiger partial charge in [-0.15, -0.1) is 5.10 Å². The topological polar surface area (TPSA) is 57.2 Å². The lowest BCUT2D eigenvalue weighted by atomic mass is 10.1. The van der Waals surface area contributed by atoms with Gasteiger partial charge in [0.05, 0.1) is 6.20 Å². The Kier molecular flexibility index (Phi) is 4.48. The minimum absolute atomic E-state index is 0.542. The van der Waals surface area contributed by atoms with Crippen molar-refractivity contribution >= 4 is 17.5 Å². The van der Waals surface area contributed by atoms with E-state index in [2.05, 4.69) is 56.4 Å². The molecule has 0 spiro atoms. The van der Waals surface area contributed by atoms with Gasteiger partial charge in [-0.05, 0) is 31.2 Å². The lowest BCUT2D eigenvalue weighted by Crippen LogP contribution is -2.44. The highest BCUT2D eigenvalue weighted by atomic mass is 15.3. The lowest BCUT2D eigenvalue weighted by molar-refractivity contribution is 0.312. The second kappa shape index (κ2) is 6.70. The molecule has 1 aliphatic heterocycles. The van der Waals surface area contributed by atoms with E-state index in [-0.39, 0.29) is 0 Å². The summed E-state index contributed by atoms with van der Waals surface area (Å²) in [5.74, 6) is 1.43. The molecule has 6 nitrogen and oxygen atoms in total. The van der Waals surface area contributed by atoms with Crippen LogP contribution < -0.4 is 10.2 Å². The van der Waals surface area contributed by atoms with Gasteiger partial charge in [0.15, 0.2) is 5.82 Å². The summed E-state index contributed by atoms with van der Waals surface area (Å²) >= 11 is 0. The van der Waals surface area contributed by atoms with Crippen molar-refractivity contribution in [3.8, 4) is 0 Å². The first kappa shape index (κ1) is 14.7. The van der Waals surface area contributed by atoms with Gasteiger partial charge in [-0.3, -0.25) is 0 Å². The predicted molar refractivity (Wildman–Crippen MR) is 88.6 cm³/mol. The van der Waals surface area contributed by atoms with Gasteiger partial charge in [0.25, 0.3) is 0 Å². The number of nitrogens with one attached hydrogen (secondary N) is 1. The number of benzene rings is 1. The Morgan fingerprint density at radius 2 is 1.82 bits per heavy atom. The molecule has 0 bridgehead atoms. The van der Waals surface area contributed by atoms with Crippen molar-refractivity contribution in [2.45, 2.75) is 13.3 Å². The molecular formula is C16H22N6. The van der Waals surface area contributed by atoms with Gasteiger partial charge in [0.2, 0.25) is 5.95 Å². The van der Waals surface area contributed by atoms with Gasteiger partial charge in [0.1, 0.15) is 0 Å². The monoisotopic (exact) mass is 298 g/mol. The third-order valence-electron chi connectivity index (χ3n) is 3.99. The van der Waals surface area contributed by atoms with Gasteiger partial charge in [0, 0.05) is 31.9 Å². The second-order valence-electron chi connectivity index (χ2n) is 5.60. The third-order valence-corrected chi connectivity index (χ3v) is 3.99. The van der Waals surface area contributed by atoms with Gasteiger partial charge >= 0.3 is 0 Å². The smallest absolute Gasteiger partial charge is 0.249 e. The molecule has 0 atom stereocenters. The summed E-state index contributed by atoms with van der Waals surface area (Å²) in [5, 5.41) is 11.4. The minimum atomic E-state index is 0.542. The highest BCUT2D eigenvalue weighted by molar-refractivity contribution is 5.54. The molecule has 1 fully saturated rings. The van der Waals surface area contributed by atoms with E-state index in [1.54, 1.807) is 6.20 Å². The first-order chi connectivity index (χ1) is 10.7. The summed E-state index contributed by atoms with van der Waals surface area (Å²) in [6.45, 7) is 6.19. The number of hydrogen-bond donors (Lipinski definition) is 1. The maximum absolute atomic E-state index is 4.58. The Balaban J connectivity index is 1.70. The fourth-order valence-electron chi connectivity index (χ4n) is 2.49. The Bertz CT molecular complexity index is 604. The molecule has 0 unspecified atom stereocenters. The zero-order valence-corrected chi connectivity index (χ0v) is 13.2. The lowest BCUT2D eigenvalue weighted by Gasteiger charge is -2.32. The minimum Gasteiger partial charge on any atom is -0.353 e. The van der Waals surface area contributed by atoms with Gasteiger partial charge in [-0.25, -0.2) is 0 Å². The molecule has 0 aliphatic carbocycles. The SMILES string of the molecule is CCc1ccc(Nc2nncc(N3CCN(C)CC3)n2)cc1. The van der Waals surface area contributed by atoms with Crippen LogP contribution in [0.4, 0.5) is 17.5 Å². The quantitative estimate of drug-likeness (QED) is 0.931. The van der Waals surface area contributed by atoms with E-state index in [4.69, 9.17) is 0 Å². The highest BCUT2D eigenvalue weighted by Crippen LogP contribution is 2.17. The molecule has 1 N–H and O–H groups in total. The zero-order valence-electron chi connectivity index (χ0n) is 13.2. The van der Waals surface area contributed by atoms with Crippen LogP contribution in [0.15, 0.2) is 30.5 Å². The van der Waals surface area contributed by atoms with Crippen LogP contribution in [-0.2, 0) is 6.42 Å². The Morgan fingerprint density at radius 3 is 2.50 bits per heavy atom. The van der Waals surface area contributed by atoms with Crippen molar-refractivity contribution in [1.82, 2.24) is 20.1 Å². The summed E-state index contributed by atoms with van der Waals surface area (Å²) in [7, 11) is 2.14. The normalized spacial score (nSPS) is 15.8. The number of hydrogen-bond acceptors (Lipinski definition) is 6. The van der Waals surface area contributed by atoms with Gasteiger partial charge < -0.3 is 15.1 Å². The van der Waals surface area contributed by atoms with Crippen LogP contribution >= 0.6 is 0 Å². The van der Waals surface area contributed by atoms with Crippen LogP contribution in [0.1, 0.15) is 12.5 Å². The van der Waals surface area contributed by atoms with Crippen LogP contribution in [0.25, 0.3) is 0 Å². The van der Waals surface area contributed by atoms with E-state index in [1.165, 1.54) is 5.56 Å². The van der Waals surface area contributed by atoms with E-state index < -0.39 is 0 Å². The number of anilines is 3. The molecule has 1 aromatic carbocycles. The predicted octanol–water partition coefficient (Wildman–Crippen LogP) is 1.93. The average Bonchev–Trinajstić information content (AvgIpc) is 2.56. The number of rotatable bonds is 4. The third kappa shape index (κ3) is 3.51. The molecule has 1 saturated heterocycles. The Morgan fingerprint density at radius 1 is 1.09 bits per heavy atom. The highest BCUT2D eigenvalue weighted by Gasteiger charge is 2.16. The summed E-state index contributed by atoms with van der Waals surface area (Å²) in [6.07, 6.45) is 2.77. The first-order valence-corrected chi connectivity index (χ1v) is 7.74. The van der Waals surface area contributed by atoms with Crippen molar-refractivity contribution < 1.29 is 0 Å². The van der Waals surface area contributed by atoms with Crippen LogP contribution in [-0.4, -0.2) is 53.3 Å². The summed E-state index contributed by atoms with van der Waals surface area (Å²) in [4.78, 5) is 9.15.